The van der Waals surface area contributed by atoms with E-state index in [0.29, 0.717) is 6.54 Å². The Labute approximate surface area is 99.2 Å². The van der Waals surface area contributed by atoms with Crippen LogP contribution in [0.25, 0.3) is 0 Å². The van der Waals surface area contributed by atoms with Gasteiger partial charge in [-0.05, 0) is 20.3 Å². The molecule has 0 spiro atoms. The van der Waals surface area contributed by atoms with Gasteiger partial charge in [0.2, 0.25) is 0 Å². The first-order valence-electron chi connectivity index (χ1n) is 5.51. The second-order valence-electron chi connectivity index (χ2n) is 4.75. The van der Waals surface area contributed by atoms with Crippen molar-refractivity contribution in [1.29, 1.82) is 0 Å². The van der Waals surface area contributed by atoms with Gasteiger partial charge in [-0.3, -0.25) is 0 Å². The second-order valence-corrected chi connectivity index (χ2v) is 6.89. The minimum absolute atomic E-state index is 0.0891. The zero-order valence-corrected chi connectivity index (χ0v) is 11.7. The van der Waals surface area contributed by atoms with Crippen molar-refractivity contribution in [2.24, 2.45) is 0 Å². The first-order chi connectivity index (χ1) is 7.11. The van der Waals surface area contributed by atoms with Crippen molar-refractivity contribution in [2.75, 3.05) is 27.2 Å². The summed E-state index contributed by atoms with van der Waals surface area (Å²) in [5.74, 6) is 0. The van der Waals surface area contributed by atoms with Crippen LogP contribution in [0.15, 0.2) is 0 Å². The fourth-order valence-electron chi connectivity index (χ4n) is 1.36. The van der Waals surface area contributed by atoms with Crippen molar-refractivity contribution in [1.82, 2.24) is 8.61 Å². The predicted octanol–water partition coefficient (Wildman–Crippen LogP) is 0.666. The number of rotatable bonds is 7. The third-order valence-electron chi connectivity index (χ3n) is 2.22. The average Bonchev–Trinajstić information content (AvgIpc) is 2.11. The zero-order chi connectivity index (χ0) is 13.0. The van der Waals surface area contributed by atoms with Crippen molar-refractivity contribution in [3.63, 3.8) is 0 Å². The fourth-order valence-corrected chi connectivity index (χ4v) is 2.68. The Hall–Kier alpha value is -0.170. The van der Waals surface area contributed by atoms with Crippen LogP contribution in [0.4, 0.5) is 0 Å². The quantitative estimate of drug-likeness (QED) is 0.724. The highest BCUT2D eigenvalue weighted by Gasteiger charge is 2.27. The highest BCUT2D eigenvalue weighted by Crippen LogP contribution is 2.10. The van der Waals surface area contributed by atoms with Crippen LogP contribution in [0, 0.1) is 0 Å². The van der Waals surface area contributed by atoms with Crippen molar-refractivity contribution in [3.8, 4) is 0 Å². The number of aliphatic hydroxyl groups is 1. The van der Waals surface area contributed by atoms with Gasteiger partial charge in [-0.15, -0.1) is 0 Å². The molecule has 0 aliphatic rings. The normalized spacial score (nSPS) is 13.8. The lowest BCUT2D eigenvalue weighted by atomic mass is 10.1. The SMILES string of the molecule is CCCCN(C)S(=O)(=O)N(C)CC(C)(C)O. The van der Waals surface area contributed by atoms with E-state index in [9.17, 15) is 13.5 Å². The van der Waals surface area contributed by atoms with E-state index in [1.807, 2.05) is 6.92 Å². The Morgan fingerprint density at radius 2 is 1.69 bits per heavy atom. The van der Waals surface area contributed by atoms with Gasteiger partial charge in [-0.2, -0.15) is 17.0 Å². The van der Waals surface area contributed by atoms with Crippen LogP contribution in [-0.4, -0.2) is 54.9 Å². The molecule has 98 valence electrons. The maximum absolute atomic E-state index is 12.0. The molecule has 0 rings (SSSR count). The third kappa shape index (κ3) is 5.25. The Morgan fingerprint density at radius 3 is 2.06 bits per heavy atom. The van der Waals surface area contributed by atoms with Crippen LogP contribution in [0.3, 0.4) is 0 Å². The zero-order valence-electron chi connectivity index (χ0n) is 10.9. The maximum Gasteiger partial charge on any atom is 0.281 e. The molecule has 0 saturated heterocycles. The van der Waals surface area contributed by atoms with Crippen molar-refractivity contribution in [3.05, 3.63) is 0 Å². The van der Waals surface area contributed by atoms with E-state index in [1.165, 1.54) is 15.7 Å². The molecule has 0 atom stereocenters. The molecule has 0 saturated carbocycles. The minimum atomic E-state index is -3.44. The predicted molar refractivity (Wildman–Crippen MR) is 65.4 cm³/mol. The van der Waals surface area contributed by atoms with E-state index in [1.54, 1.807) is 20.9 Å². The summed E-state index contributed by atoms with van der Waals surface area (Å²) < 4.78 is 26.4. The van der Waals surface area contributed by atoms with E-state index in [-0.39, 0.29) is 6.54 Å². The molecule has 6 heteroatoms. The lowest BCUT2D eigenvalue weighted by Crippen LogP contribution is -2.45. The standard InChI is InChI=1S/C10H24N2O3S/c1-6-7-8-11(4)16(14,15)12(5)9-10(2,3)13/h13H,6-9H2,1-5H3. The van der Waals surface area contributed by atoms with E-state index >= 15 is 0 Å². The highest BCUT2D eigenvalue weighted by atomic mass is 32.2. The Balaban J connectivity index is 4.53. The Bertz CT molecular complexity index is 296. The van der Waals surface area contributed by atoms with Gasteiger partial charge in [0, 0.05) is 27.2 Å². The van der Waals surface area contributed by atoms with Gasteiger partial charge < -0.3 is 5.11 Å². The molecular formula is C10H24N2O3S. The molecule has 0 aromatic rings. The second kappa shape index (κ2) is 5.95. The molecule has 0 aromatic heterocycles. The van der Waals surface area contributed by atoms with Crippen molar-refractivity contribution < 1.29 is 13.5 Å². The van der Waals surface area contributed by atoms with E-state index < -0.39 is 15.8 Å². The molecule has 0 heterocycles. The molecule has 5 nitrogen and oxygen atoms in total. The molecule has 0 bridgehead atoms. The van der Waals surface area contributed by atoms with Crippen LogP contribution in [0.2, 0.25) is 0 Å². The lowest BCUT2D eigenvalue weighted by Gasteiger charge is -2.28. The summed E-state index contributed by atoms with van der Waals surface area (Å²) in [6.45, 7) is 5.79. The molecule has 0 aromatic carbocycles. The minimum Gasteiger partial charge on any atom is -0.389 e. The molecule has 0 radical (unpaired) electrons. The van der Waals surface area contributed by atoms with Gasteiger partial charge in [0.1, 0.15) is 0 Å². The average molecular weight is 252 g/mol. The molecule has 0 unspecified atom stereocenters. The van der Waals surface area contributed by atoms with E-state index in [4.69, 9.17) is 0 Å². The number of hydrogen-bond donors (Lipinski definition) is 1. The van der Waals surface area contributed by atoms with Crippen LogP contribution in [0.1, 0.15) is 33.6 Å². The third-order valence-corrected chi connectivity index (χ3v) is 4.11. The highest BCUT2D eigenvalue weighted by molar-refractivity contribution is 7.86. The summed E-state index contributed by atoms with van der Waals surface area (Å²) in [6, 6.07) is 0. The van der Waals surface area contributed by atoms with Gasteiger partial charge in [0.05, 0.1) is 5.60 Å². The van der Waals surface area contributed by atoms with Crippen LogP contribution in [0.5, 0.6) is 0 Å². The summed E-state index contributed by atoms with van der Waals surface area (Å²) in [5, 5.41) is 9.58. The Morgan fingerprint density at radius 1 is 1.19 bits per heavy atom. The van der Waals surface area contributed by atoms with E-state index in [2.05, 4.69) is 0 Å². The summed E-state index contributed by atoms with van der Waals surface area (Å²) in [6.07, 6.45) is 1.79. The number of nitrogens with zero attached hydrogens (tertiary/aromatic N) is 2. The number of hydrogen-bond acceptors (Lipinski definition) is 3. The van der Waals surface area contributed by atoms with Crippen molar-refractivity contribution in [2.45, 2.75) is 39.2 Å². The van der Waals surface area contributed by atoms with Gasteiger partial charge in [0.15, 0.2) is 0 Å². The van der Waals surface area contributed by atoms with Gasteiger partial charge in [-0.25, -0.2) is 0 Å². The van der Waals surface area contributed by atoms with Crippen molar-refractivity contribution >= 4 is 10.2 Å². The summed E-state index contributed by atoms with van der Waals surface area (Å²) in [5.41, 5.74) is -1.02. The first kappa shape index (κ1) is 15.8. The molecule has 0 amide bonds. The van der Waals surface area contributed by atoms with Gasteiger partial charge in [-0.1, -0.05) is 13.3 Å². The molecule has 0 aliphatic carbocycles. The smallest absolute Gasteiger partial charge is 0.281 e. The van der Waals surface area contributed by atoms with Crippen LogP contribution >= 0.6 is 0 Å². The summed E-state index contributed by atoms with van der Waals surface area (Å²) in [7, 11) is -0.394. The fraction of sp³-hybridized carbons (Fsp3) is 1.00. The summed E-state index contributed by atoms with van der Waals surface area (Å²) >= 11 is 0. The largest absolute Gasteiger partial charge is 0.389 e. The topological polar surface area (TPSA) is 60.9 Å². The van der Waals surface area contributed by atoms with Gasteiger partial charge >= 0.3 is 0 Å². The molecule has 1 N–H and O–H groups in total. The number of unbranched alkanes of at least 4 members (excludes halogenated alkanes) is 1. The summed E-state index contributed by atoms with van der Waals surface area (Å²) in [4.78, 5) is 0. The Kier molecular flexibility index (Phi) is 5.89. The molecular weight excluding hydrogens is 228 g/mol. The van der Waals surface area contributed by atoms with Crippen LogP contribution in [-0.2, 0) is 10.2 Å². The van der Waals surface area contributed by atoms with E-state index in [0.717, 1.165) is 12.8 Å². The van der Waals surface area contributed by atoms with Crippen LogP contribution < -0.4 is 0 Å². The first-order valence-corrected chi connectivity index (χ1v) is 6.91. The molecule has 0 aliphatic heterocycles. The molecule has 0 fully saturated rings. The molecule has 16 heavy (non-hydrogen) atoms. The lowest BCUT2D eigenvalue weighted by molar-refractivity contribution is 0.0627. The monoisotopic (exact) mass is 252 g/mol. The maximum atomic E-state index is 12.0. The van der Waals surface area contributed by atoms with Gasteiger partial charge in [0.25, 0.3) is 10.2 Å². The number of likely N-dealkylation sites (N-methyl/N-ethyl adjacent to an activating group) is 1.